The molecule has 0 aliphatic carbocycles. The summed E-state index contributed by atoms with van der Waals surface area (Å²) in [5, 5.41) is 8.38. The molecule has 5 nitrogen and oxygen atoms in total. The first-order chi connectivity index (χ1) is 11.7. The van der Waals surface area contributed by atoms with E-state index < -0.39 is 0 Å². The third kappa shape index (κ3) is 5.76. The lowest BCUT2D eigenvalue weighted by atomic mass is 10.2. The van der Waals surface area contributed by atoms with Crippen LogP contribution in [0.15, 0.2) is 54.6 Å². The maximum atomic E-state index is 12.1. The second kappa shape index (κ2) is 9.35. The first kappa shape index (κ1) is 17.5. The maximum Gasteiger partial charge on any atom is 0.319 e. The molecule has 0 heterocycles. The van der Waals surface area contributed by atoms with Crippen molar-refractivity contribution in [2.24, 2.45) is 0 Å². The Balaban J connectivity index is 1.84. The van der Waals surface area contributed by atoms with E-state index in [1.165, 1.54) is 0 Å². The Morgan fingerprint density at radius 1 is 0.833 bits per heavy atom. The zero-order chi connectivity index (χ0) is 17.2. The quantitative estimate of drug-likeness (QED) is 0.666. The molecule has 126 valence electrons. The van der Waals surface area contributed by atoms with Gasteiger partial charge in [-0.3, -0.25) is 4.79 Å². The van der Waals surface area contributed by atoms with E-state index in [4.69, 9.17) is 0 Å². The van der Waals surface area contributed by atoms with E-state index in [9.17, 15) is 9.59 Å². The maximum absolute atomic E-state index is 12.1. The SMILES string of the molecule is CCCCCNC(=O)Nc1ccc(C(=O)Nc2ccccc2)cc1. The van der Waals surface area contributed by atoms with Crippen LogP contribution in [0.5, 0.6) is 0 Å². The van der Waals surface area contributed by atoms with Gasteiger partial charge < -0.3 is 16.0 Å². The molecule has 5 heteroatoms. The van der Waals surface area contributed by atoms with Gasteiger partial charge in [0.25, 0.3) is 5.91 Å². The van der Waals surface area contributed by atoms with Crippen LogP contribution in [0.4, 0.5) is 16.2 Å². The molecule has 0 spiro atoms. The van der Waals surface area contributed by atoms with Gasteiger partial charge in [-0.05, 0) is 42.8 Å². The molecule has 2 aromatic rings. The summed E-state index contributed by atoms with van der Waals surface area (Å²) in [5.41, 5.74) is 1.93. The Kier molecular flexibility index (Phi) is 6.83. The van der Waals surface area contributed by atoms with Crippen LogP contribution in [0, 0.1) is 0 Å². The van der Waals surface area contributed by atoms with Gasteiger partial charge in [0.15, 0.2) is 0 Å². The average Bonchev–Trinajstić information content (AvgIpc) is 2.60. The summed E-state index contributed by atoms with van der Waals surface area (Å²) in [5.74, 6) is -0.184. The van der Waals surface area contributed by atoms with E-state index in [1.807, 2.05) is 30.3 Å². The monoisotopic (exact) mass is 325 g/mol. The van der Waals surface area contributed by atoms with Crippen LogP contribution in [0.3, 0.4) is 0 Å². The first-order valence-corrected chi connectivity index (χ1v) is 8.20. The molecule has 2 aromatic carbocycles. The second-order valence-corrected chi connectivity index (χ2v) is 5.49. The Hall–Kier alpha value is -2.82. The molecular formula is C19H23N3O2. The van der Waals surface area contributed by atoms with Gasteiger partial charge in [0.1, 0.15) is 0 Å². The summed E-state index contributed by atoms with van der Waals surface area (Å²) in [6.45, 7) is 2.78. The van der Waals surface area contributed by atoms with Crippen LogP contribution in [-0.2, 0) is 0 Å². The Morgan fingerprint density at radius 2 is 1.50 bits per heavy atom. The van der Waals surface area contributed by atoms with Gasteiger partial charge >= 0.3 is 6.03 Å². The van der Waals surface area contributed by atoms with Gasteiger partial charge in [-0.2, -0.15) is 0 Å². The minimum absolute atomic E-state index is 0.184. The summed E-state index contributed by atoms with van der Waals surface area (Å²) in [6.07, 6.45) is 3.20. The fourth-order valence-electron chi connectivity index (χ4n) is 2.18. The highest BCUT2D eigenvalue weighted by molar-refractivity contribution is 6.04. The molecule has 3 amide bonds. The van der Waals surface area contributed by atoms with Crippen molar-refractivity contribution in [3.05, 3.63) is 60.2 Å². The minimum atomic E-state index is -0.229. The number of hydrogen-bond donors (Lipinski definition) is 3. The zero-order valence-corrected chi connectivity index (χ0v) is 13.8. The first-order valence-electron chi connectivity index (χ1n) is 8.20. The minimum Gasteiger partial charge on any atom is -0.338 e. The third-order valence-corrected chi connectivity index (χ3v) is 3.50. The van der Waals surface area contributed by atoms with E-state index >= 15 is 0 Å². The predicted octanol–water partition coefficient (Wildman–Crippen LogP) is 4.25. The highest BCUT2D eigenvalue weighted by Gasteiger charge is 2.06. The molecule has 0 aliphatic rings. The van der Waals surface area contributed by atoms with E-state index in [1.54, 1.807) is 24.3 Å². The molecule has 0 atom stereocenters. The molecule has 0 unspecified atom stereocenters. The van der Waals surface area contributed by atoms with Gasteiger partial charge in [-0.15, -0.1) is 0 Å². The molecule has 24 heavy (non-hydrogen) atoms. The number of amides is 3. The molecule has 3 N–H and O–H groups in total. The van der Waals surface area contributed by atoms with E-state index in [-0.39, 0.29) is 11.9 Å². The zero-order valence-electron chi connectivity index (χ0n) is 13.8. The molecule has 0 aliphatic heterocycles. The summed E-state index contributed by atoms with van der Waals surface area (Å²) in [4.78, 5) is 23.9. The van der Waals surface area contributed by atoms with E-state index in [2.05, 4.69) is 22.9 Å². The highest BCUT2D eigenvalue weighted by Crippen LogP contribution is 2.12. The highest BCUT2D eigenvalue weighted by atomic mass is 16.2. The van der Waals surface area contributed by atoms with Crippen molar-refractivity contribution in [1.29, 1.82) is 0 Å². The lowest BCUT2D eigenvalue weighted by Gasteiger charge is -2.08. The molecular weight excluding hydrogens is 302 g/mol. The number of unbranched alkanes of at least 4 members (excludes halogenated alkanes) is 2. The number of rotatable bonds is 7. The smallest absolute Gasteiger partial charge is 0.319 e. The summed E-state index contributed by atoms with van der Waals surface area (Å²) in [6, 6.07) is 15.8. The van der Waals surface area contributed by atoms with Crippen molar-refractivity contribution in [2.75, 3.05) is 17.2 Å². The summed E-state index contributed by atoms with van der Waals surface area (Å²) in [7, 11) is 0. The van der Waals surface area contributed by atoms with Gasteiger partial charge in [-0.1, -0.05) is 38.0 Å². The van der Waals surface area contributed by atoms with E-state index in [0.717, 1.165) is 24.9 Å². The molecule has 0 radical (unpaired) electrons. The number of hydrogen-bond acceptors (Lipinski definition) is 2. The fourth-order valence-corrected chi connectivity index (χ4v) is 2.18. The Labute approximate surface area is 142 Å². The Bertz CT molecular complexity index is 654. The van der Waals surface area contributed by atoms with Gasteiger partial charge in [0.05, 0.1) is 0 Å². The van der Waals surface area contributed by atoms with Gasteiger partial charge in [0, 0.05) is 23.5 Å². The van der Waals surface area contributed by atoms with Crippen LogP contribution in [-0.4, -0.2) is 18.5 Å². The molecule has 0 aromatic heterocycles. The predicted molar refractivity (Wildman–Crippen MR) is 97.4 cm³/mol. The van der Waals surface area contributed by atoms with Crippen molar-refractivity contribution in [2.45, 2.75) is 26.2 Å². The number of para-hydroxylation sites is 1. The lowest BCUT2D eigenvalue weighted by molar-refractivity contribution is 0.102. The van der Waals surface area contributed by atoms with Crippen LogP contribution in [0.2, 0.25) is 0 Å². The van der Waals surface area contributed by atoms with Crippen LogP contribution < -0.4 is 16.0 Å². The van der Waals surface area contributed by atoms with Crippen molar-refractivity contribution in [3.8, 4) is 0 Å². The van der Waals surface area contributed by atoms with Crippen molar-refractivity contribution < 1.29 is 9.59 Å². The number of carbonyl (C=O) groups excluding carboxylic acids is 2. The van der Waals surface area contributed by atoms with Gasteiger partial charge in [-0.25, -0.2) is 4.79 Å². The molecule has 0 saturated carbocycles. The average molecular weight is 325 g/mol. The Morgan fingerprint density at radius 3 is 2.17 bits per heavy atom. The van der Waals surface area contributed by atoms with Crippen molar-refractivity contribution >= 4 is 23.3 Å². The van der Waals surface area contributed by atoms with Crippen molar-refractivity contribution in [1.82, 2.24) is 5.32 Å². The fraction of sp³-hybridized carbons (Fsp3) is 0.263. The topological polar surface area (TPSA) is 70.2 Å². The summed E-state index contributed by atoms with van der Waals surface area (Å²) < 4.78 is 0. The summed E-state index contributed by atoms with van der Waals surface area (Å²) >= 11 is 0. The standard InChI is InChI=1S/C19H23N3O2/c1-2-3-7-14-20-19(24)22-17-12-10-15(11-13-17)18(23)21-16-8-5-4-6-9-16/h4-6,8-13H,2-3,7,14H2,1H3,(H,21,23)(H2,20,22,24). The van der Waals surface area contributed by atoms with Crippen LogP contribution in [0.1, 0.15) is 36.5 Å². The number of nitrogens with one attached hydrogen (secondary N) is 3. The number of benzene rings is 2. The number of urea groups is 1. The van der Waals surface area contributed by atoms with E-state index in [0.29, 0.717) is 17.8 Å². The molecule has 0 saturated heterocycles. The van der Waals surface area contributed by atoms with Crippen LogP contribution >= 0.6 is 0 Å². The second-order valence-electron chi connectivity index (χ2n) is 5.49. The third-order valence-electron chi connectivity index (χ3n) is 3.50. The molecule has 2 rings (SSSR count). The van der Waals surface area contributed by atoms with Crippen LogP contribution in [0.25, 0.3) is 0 Å². The molecule has 0 fully saturated rings. The normalized spacial score (nSPS) is 10.0. The molecule has 0 bridgehead atoms. The number of carbonyl (C=O) groups is 2. The lowest BCUT2D eigenvalue weighted by Crippen LogP contribution is -2.29. The largest absolute Gasteiger partial charge is 0.338 e. The van der Waals surface area contributed by atoms with Gasteiger partial charge in [0.2, 0.25) is 0 Å². The van der Waals surface area contributed by atoms with Crippen molar-refractivity contribution in [3.63, 3.8) is 0 Å². The number of anilines is 2.